The van der Waals surface area contributed by atoms with E-state index in [9.17, 15) is 14.4 Å². The zero-order valence-corrected chi connectivity index (χ0v) is 15.1. The number of hydrogen-bond donors (Lipinski definition) is 1. The smallest absolute Gasteiger partial charge is 0.257 e. The van der Waals surface area contributed by atoms with Gasteiger partial charge in [-0.3, -0.25) is 19.0 Å². The number of amides is 1. The molecule has 1 aliphatic heterocycles. The maximum absolute atomic E-state index is 12.5. The molecule has 0 spiro atoms. The Morgan fingerprint density at radius 3 is 2.84 bits per heavy atom. The Bertz CT molecular complexity index is 920. The fourth-order valence-corrected chi connectivity index (χ4v) is 3.95. The Labute approximate surface area is 149 Å². The zero-order chi connectivity index (χ0) is 18.1. The Morgan fingerprint density at radius 2 is 2.12 bits per heavy atom. The van der Waals surface area contributed by atoms with Gasteiger partial charge in [-0.1, -0.05) is 23.9 Å². The summed E-state index contributed by atoms with van der Waals surface area (Å²) in [7, 11) is 0. The van der Waals surface area contributed by atoms with Crippen molar-refractivity contribution in [3.63, 3.8) is 0 Å². The van der Waals surface area contributed by atoms with Crippen LogP contribution < -0.4 is 10.9 Å². The van der Waals surface area contributed by atoms with Crippen LogP contribution in [0.4, 0.5) is 5.69 Å². The third-order valence-electron chi connectivity index (χ3n) is 4.30. The van der Waals surface area contributed by atoms with Crippen LogP contribution in [0.3, 0.4) is 0 Å². The molecule has 0 saturated heterocycles. The molecule has 1 unspecified atom stereocenters. The zero-order valence-electron chi connectivity index (χ0n) is 14.3. The minimum absolute atomic E-state index is 0.0549. The lowest BCUT2D eigenvalue weighted by molar-refractivity contribution is -0.116. The Balaban J connectivity index is 1.76. The number of ketones is 1. The normalized spacial score (nSPS) is 15.7. The number of aromatic nitrogens is 2. The van der Waals surface area contributed by atoms with Crippen molar-refractivity contribution in [1.29, 1.82) is 0 Å². The SMILES string of the molecule is CC(=O)c1cccc(NC(=O)CC2CSc3nc(C)c(C)c(=O)n32)c1. The molecule has 1 N–H and O–H groups in total. The summed E-state index contributed by atoms with van der Waals surface area (Å²) in [5.41, 5.74) is 2.39. The number of carbonyl (C=O) groups excluding carboxylic acids is 2. The fourth-order valence-electron chi connectivity index (χ4n) is 2.76. The first kappa shape index (κ1) is 17.4. The van der Waals surface area contributed by atoms with Gasteiger partial charge < -0.3 is 5.32 Å². The Morgan fingerprint density at radius 1 is 1.36 bits per heavy atom. The molecule has 1 amide bonds. The monoisotopic (exact) mass is 357 g/mol. The van der Waals surface area contributed by atoms with Gasteiger partial charge in [0.05, 0.1) is 6.04 Å². The number of carbonyl (C=O) groups is 2. The standard InChI is InChI=1S/C18H19N3O3S/c1-10-11(2)19-18-21(17(10)24)15(9-25-18)8-16(23)20-14-6-4-5-13(7-14)12(3)22/h4-7,15H,8-9H2,1-3H3,(H,20,23). The molecule has 0 bridgehead atoms. The minimum atomic E-state index is -0.213. The van der Waals surface area contributed by atoms with E-state index in [2.05, 4.69) is 10.3 Å². The molecule has 25 heavy (non-hydrogen) atoms. The fraction of sp³-hybridized carbons (Fsp3) is 0.333. The summed E-state index contributed by atoms with van der Waals surface area (Å²) in [6.07, 6.45) is 0.189. The van der Waals surface area contributed by atoms with Crippen molar-refractivity contribution in [2.45, 2.75) is 38.4 Å². The van der Waals surface area contributed by atoms with Crippen LogP contribution in [0.15, 0.2) is 34.2 Å². The van der Waals surface area contributed by atoms with Crippen LogP contribution in [0.5, 0.6) is 0 Å². The summed E-state index contributed by atoms with van der Waals surface area (Å²) in [5, 5.41) is 3.47. The summed E-state index contributed by atoms with van der Waals surface area (Å²) >= 11 is 1.49. The van der Waals surface area contributed by atoms with E-state index in [1.165, 1.54) is 18.7 Å². The van der Waals surface area contributed by atoms with Crippen molar-refractivity contribution < 1.29 is 9.59 Å². The van der Waals surface area contributed by atoms with E-state index in [-0.39, 0.29) is 29.7 Å². The van der Waals surface area contributed by atoms with E-state index in [1.807, 2.05) is 6.92 Å². The predicted molar refractivity (Wildman–Crippen MR) is 97.4 cm³/mol. The van der Waals surface area contributed by atoms with Gasteiger partial charge in [-0.25, -0.2) is 4.98 Å². The topological polar surface area (TPSA) is 81.1 Å². The molecule has 0 fully saturated rings. The molecule has 2 aromatic rings. The number of Topliss-reactive ketones (excluding diaryl/α,β-unsaturated/α-hetero) is 1. The maximum atomic E-state index is 12.5. The van der Waals surface area contributed by atoms with Crippen molar-refractivity contribution >= 4 is 29.1 Å². The summed E-state index contributed by atoms with van der Waals surface area (Å²) in [5.74, 6) is 0.399. The summed E-state index contributed by atoms with van der Waals surface area (Å²) in [4.78, 5) is 40.8. The van der Waals surface area contributed by atoms with Crippen LogP contribution in [-0.4, -0.2) is 27.0 Å². The number of nitrogens with zero attached hydrogens (tertiary/aromatic N) is 2. The van der Waals surface area contributed by atoms with Crippen molar-refractivity contribution in [2.75, 3.05) is 11.1 Å². The number of hydrogen-bond acceptors (Lipinski definition) is 5. The van der Waals surface area contributed by atoms with Crippen molar-refractivity contribution in [3.05, 3.63) is 51.4 Å². The second-order valence-electron chi connectivity index (χ2n) is 6.13. The van der Waals surface area contributed by atoms with E-state index in [0.717, 1.165) is 5.69 Å². The molecule has 6 nitrogen and oxygen atoms in total. The third kappa shape index (κ3) is 3.51. The Hall–Kier alpha value is -2.41. The Kier molecular flexibility index (Phi) is 4.76. The number of anilines is 1. The quantitative estimate of drug-likeness (QED) is 0.672. The lowest BCUT2D eigenvalue weighted by atomic mass is 10.1. The second kappa shape index (κ2) is 6.84. The lowest BCUT2D eigenvalue weighted by Gasteiger charge is -2.14. The van der Waals surface area contributed by atoms with Gasteiger partial charge in [0.15, 0.2) is 10.9 Å². The summed E-state index contributed by atoms with van der Waals surface area (Å²) in [6.45, 7) is 5.06. The van der Waals surface area contributed by atoms with Crippen molar-refractivity contribution in [3.8, 4) is 0 Å². The molecular weight excluding hydrogens is 338 g/mol. The first-order chi connectivity index (χ1) is 11.9. The number of nitrogens with one attached hydrogen (secondary N) is 1. The second-order valence-corrected chi connectivity index (χ2v) is 7.12. The molecule has 2 heterocycles. The van der Waals surface area contributed by atoms with Gasteiger partial charge >= 0.3 is 0 Å². The first-order valence-electron chi connectivity index (χ1n) is 8.00. The van der Waals surface area contributed by atoms with Gasteiger partial charge in [0.2, 0.25) is 5.91 Å². The number of rotatable bonds is 4. The molecule has 0 aliphatic carbocycles. The summed E-state index contributed by atoms with van der Waals surface area (Å²) in [6, 6.07) is 6.61. The third-order valence-corrected chi connectivity index (χ3v) is 5.39. The highest BCUT2D eigenvalue weighted by Crippen LogP contribution is 2.32. The van der Waals surface area contributed by atoms with Gasteiger partial charge in [-0.2, -0.15) is 0 Å². The largest absolute Gasteiger partial charge is 0.326 e. The van der Waals surface area contributed by atoms with Crippen LogP contribution in [-0.2, 0) is 4.79 Å². The van der Waals surface area contributed by atoms with Gasteiger partial charge in [-0.05, 0) is 32.9 Å². The highest BCUT2D eigenvalue weighted by molar-refractivity contribution is 7.99. The molecule has 0 radical (unpaired) electrons. The van der Waals surface area contributed by atoms with Crippen molar-refractivity contribution in [2.24, 2.45) is 0 Å². The van der Waals surface area contributed by atoms with E-state index in [1.54, 1.807) is 35.8 Å². The number of benzene rings is 1. The van der Waals surface area contributed by atoms with Crippen molar-refractivity contribution in [1.82, 2.24) is 9.55 Å². The lowest BCUT2D eigenvalue weighted by Crippen LogP contribution is -2.29. The van der Waals surface area contributed by atoms with Gasteiger partial charge in [-0.15, -0.1) is 0 Å². The average Bonchev–Trinajstić information content (AvgIpc) is 2.95. The molecule has 1 atom stereocenters. The number of aryl methyl sites for hydroxylation is 1. The van der Waals surface area contributed by atoms with Gasteiger partial charge in [0.1, 0.15) is 0 Å². The summed E-state index contributed by atoms with van der Waals surface area (Å²) < 4.78 is 1.62. The molecule has 130 valence electrons. The van der Waals surface area contributed by atoms with Crippen LogP contribution in [0.1, 0.15) is 41.0 Å². The molecule has 7 heteroatoms. The molecule has 0 saturated carbocycles. The average molecular weight is 357 g/mol. The van der Waals surface area contributed by atoms with Crippen LogP contribution in [0, 0.1) is 13.8 Å². The molecular formula is C18H19N3O3S. The van der Waals surface area contributed by atoms with Gasteiger partial charge in [0, 0.05) is 34.7 Å². The highest BCUT2D eigenvalue weighted by atomic mass is 32.2. The van der Waals surface area contributed by atoms with E-state index in [0.29, 0.717) is 27.7 Å². The molecule has 1 aliphatic rings. The molecule has 1 aromatic heterocycles. The predicted octanol–water partition coefficient (Wildman–Crippen LogP) is 2.74. The number of fused-ring (bicyclic) bond motifs is 1. The number of thioether (sulfide) groups is 1. The van der Waals surface area contributed by atoms with E-state index >= 15 is 0 Å². The van der Waals surface area contributed by atoms with E-state index in [4.69, 9.17) is 0 Å². The van der Waals surface area contributed by atoms with Crippen LogP contribution in [0.2, 0.25) is 0 Å². The highest BCUT2D eigenvalue weighted by Gasteiger charge is 2.28. The maximum Gasteiger partial charge on any atom is 0.257 e. The van der Waals surface area contributed by atoms with E-state index < -0.39 is 0 Å². The molecule has 1 aromatic carbocycles. The molecule has 3 rings (SSSR count). The van der Waals surface area contributed by atoms with Gasteiger partial charge in [0.25, 0.3) is 5.56 Å². The first-order valence-corrected chi connectivity index (χ1v) is 8.98. The van der Waals surface area contributed by atoms with Crippen LogP contribution >= 0.6 is 11.8 Å². The minimum Gasteiger partial charge on any atom is -0.326 e. The van der Waals surface area contributed by atoms with Crippen LogP contribution in [0.25, 0.3) is 0 Å².